The second-order valence-electron chi connectivity index (χ2n) is 7.22. The van der Waals surface area contributed by atoms with Crippen LogP contribution in [0.2, 0.25) is 0 Å². The van der Waals surface area contributed by atoms with Crippen molar-refractivity contribution in [3.05, 3.63) is 82.6 Å². The predicted octanol–water partition coefficient (Wildman–Crippen LogP) is 2.23. The van der Waals surface area contributed by atoms with E-state index in [-0.39, 0.29) is 52.3 Å². The lowest BCUT2D eigenvalue weighted by atomic mass is 10.0. The van der Waals surface area contributed by atoms with Crippen LogP contribution in [0.4, 0.5) is 10.1 Å². The lowest BCUT2D eigenvalue weighted by Gasteiger charge is -2.21. The number of aliphatic hydroxyl groups excluding tert-OH is 1. The molecule has 1 atom stereocenters. The maximum Gasteiger partial charge on any atom is 0.254 e. The highest BCUT2D eigenvalue weighted by Crippen LogP contribution is 2.30. The number of primary amides is 1. The number of rotatable bonds is 10. The minimum absolute atomic E-state index is 0.135. The Kier molecular flexibility index (Phi) is 8.73. The van der Waals surface area contributed by atoms with Gasteiger partial charge in [0.1, 0.15) is 34.9 Å². The number of hydrogen-bond donors (Lipinski definition) is 7. The number of hydrogen-bond acceptors (Lipinski definition) is 8. The number of carbonyl (C=O) groups excluding carboxylic acids is 1. The van der Waals surface area contributed by atoms with E-state index >= 15 is 0 Å². The third kappa shape index (κ3) is 6.81. The number of amidine groups is 1. The maximum atomic E-state index is 13.3. The van der Waals surface area contributed by atoms with Gasteiger partial charge in [-0.1, -0.05) is 18.2 Å². The molecule has 1 unspecified atom stereocenters. The number of halogens is 1. The first-order valence-electron chi connectivity index (χ1n) is 9.95. The number of carbonyl (C=O) groups is 1. The molecule has 1 amide bonds. The van der Waals surface area contributed by atoms with Crippen LogP contribution in [0.15, 0.2) is 65.7 Å². The second kappa shape index (κ2) is 11.5. The van der Waals surface area contributed by atoms with E-state index in [9.17, 15) is 14.3 Å². The Bertz CT molecular complexity index is 1140. The highest BCUT2D eigenvalue weighted by atomic mass is 19.1. The summed E-state index contributed by atoms with van der Waals surface area (Å²) in [7, 11) is 1.49. The highest BCUT2D eigenvalue weighted by Gasteiger charge is 2.21. The van der Waals surface area contributed by atoms with Crippen LogP contribution in [0, 0.1) is 16.6 Å². The summed E-state index contributed by atoms with van der Waals surface area (Å²) in [5.41, 5.74) is 17.7. The summed E-state index contributed by atoms with van der Waals surface area (Å²) >= 11 is 0. The van der Waals surface area contributed by atoms with Crippen LogP contribution in [0.1, 0.15) is 24.2 Å². The number of allylic oxidation sites excluding steroid dienone is 1. The zero-order valence-corrected chi connectivity index (χ0v) is 18.7. The number of amides is 1. The lowest BCUT2D eigenvalue weighted by molar-refractivity contribution is -0.114. The Hall–Kier alpha value is -4.38. The van der Waals surface area contributed by atoms with Crippen LogP contribution in [0.5, 0.6) is 5.75 Å². The summed E-state index contributed by atoms with van der Waals surface area (Å²) in [5.74, 6) is -2.03. The molecule has 0 aromatic heterocycles. The van der Waals surface area contributed by atoms with E-state index in [2.05, 4.69) is 5.32 Å². The van der Waals surface area contributed by atoms with Gasteiger partial charge in [-0.15, -0.1) is 0 Å². The molecule has 10 nitrogen and oxygen atoms in total. The molecule has 0 fully saturated rings. The van der Waals surface area contributed by atoms with E-state index < -0.39 is 17.8 Å². The molecule has 2 rings (SSSR count). The Morgan fingerprint density at radius 3 is 2.41 bits per heavy atom. The molecule has 10 N–H and O–H groups in total. The van der Waals surface area contributed by atoms with Crippen LogP contribution < -0.4 is 27.3 Å². The van der Waals surface area contributed by atoms with Crippen molar-refractivity contribution in [1.82, 2.24) is 5.32 Å². The van der Waals surface area contributed by atoms with E-state index in [0.29, 0.717) is 5.56 Å². The van der Waals surface area contributed by atoms with Crippen LogP contribution in [-0.2, 0) is 9.53 Å². The summed E-state index contributed by atoms with van der Waals surface area (Å²) in [4.78, 5) is 12.1. The molecular weight excluding hydrogens is 443 g/mol. The van der Waals surface area contributed by atoms with Gasteiger partial charge in [0.15, 0.2) is 0 Å². The fourth-order valence-electron chi connectivity index (χ4n) is 2.96. The molecule has 180 valence electrons. The SMILES string of the molecule is COCC(Oc1cc(C(=N)/C(C(N)=O)=C(\N)NC(=N)/C=C(/C)O)ccc1N)c1ccc(F)cc1. The van der Waals surface area contributed by atoms with Gasteiger partial charge in [-0.2, -0.15) is 0 Å². The Labute approximate surface area is 195 Å². The number of ether oxygens (including phenoxy) is 2. The van der Waals surface area contributed by atoms with Gasteiger partial charge < -0.3 is 37.1 Å². The highest BCUT2D eigenvalue weighted by molar-refractivity contribution is 6.27. The lowest BCUT2D eigenvalue weighted by Crippen LogP contribution is -2.34. The smallest absolute Gasteiger partial charge is 0.254 e. The first-order chi connectivity index (χ1) is 16.0. The molecule has 11 heteroatoms. The Morgan fingerprint density at radius 1 is 1.21 bits per heavy atom. The molecule has 0 spiro atoms. The standard InChI is InChI=1S/C23H27FN6O4/c1-12(31)9-19(26)30-22(28)20(23(29)32)21(27)14-5-8-16(25)17(10-14)34-18(11-33-2)13-3-6-15(24)7-4-13/h3-10,18,27,31H,11,25,28H2,1-2H3,(H2,26,30)(H2,29,32)/b12-9-,22-20-,27-21?. The molecule has 0 aliphatic heterocycles. The number of methoxy groups -OCH3 is 1. The molecule has 0 radical (unpaired) electrons. The number of nitrogens with two attached hydrogens (primary N) is 3. The molecule has 0 saturated heterocycles. The van der Waals surface area contributed by atoms with Crippen LogP contribution >= 0.6 is 0 Å². The van der Waals surface area contributed by atoms with E-state index in [1.54, 1.807) is 12.1 Å². The predicted molar refractivity (Wildman–Crippen MR) is 127 cm³/mol. The van der Waals surface area contributed by atoms with Crippen molar-refractivity contribution < 1.29 is 23.8 Å². The molecule has 0 heterocycles. The van der Waals surface area contributed by atoms with Gasteiger partial charge in [0, 0.05) is 18.7 Å². The summed E-state index contributed by atoms with van der Waals surface area (Å²) in [6.45, 7) is 1.49. The molecule has 0 aliphatic carbocycles. The summed E-state index contributed by atoms with van der Waals surface area (Å²) in [5, 5.41) is 27.9. The van der Waals surface area contributed by atoms with Crippen molar-refractivity contribution in [3.63, 3.8) is 0 Å². The van der Waals surface area contributed by atoms with Gasteiger partial charge in [-0.25, -0.2) is 4.39 Å². The quantitative estimate of drug-likeness (QED) is 0.0909. The van der Waals surface area contributed by atoms with Crippen molar-refractivity contribution in [2.45, 2.75) is 13.0 Å². The van der Waals surface area contributed by atoms with Gasteiger partial charge in [-0.05, 0) is 36.8 Å². The average molecular weight is 471 g/mol. The van der Waals surface area contributed by atoms with E-state index in [0.717, 1.165) is 6.08 Å². The Balaban J connectivity index is 2.40. The molecule has 2 aromatic rings. The average Bonchev–Trinajstić information content (AvgIpc) is 2.74. The van der Waals surface area contributed by atoms with E-state index in [1.165, 1.54) is 44.4 Å². The van der Waals surface area contributed by atoms with Crippen molar-refractivity contribution in [2.75, 3.05) is 19.5 Å². The molecule has 34 heavy (non-hydrogen) atoms. The number of benzene rings is 2. The van der Waals surface area contributed by atoms with Crippen molar-refractivity contribution >= 4 is 23.1 Å². The van der Waals surface area contributed by atoms with Gasteiger partial charge in [0.2, 0.25) is 0 Å². The molecular formula is C23H27FN6O4. The summed E-state index contributed by atoms with van der Waals surface area (Å²) < 4.78 is 24.5. The number of anilines is 1. The topological polar surface area (TPSA) is 194 Å². The zero-order valence-electron chi connectivity index (χ0n) is 18.7. The minimum atomic E-state index is -1.00. The fourth-order valence-corrected chi connectivity index (χ4v) is 2.96. The van der Waals surface area contributed by atoms with Crippen molar-refractivity contribution in [3.8, 4) is 5.75 Å². The first-order valence-corrected chi connectivity index (χ1v) is 9.95. The third-order valence-corrected chi connectivity index (χ3v) is 4.52. The van der Waals surface area contributed by atoms with Crippen LogP contribution in [0.25, 0.3) is 0 Å². The van der Waals surface area contributed by atoms with Crippen molar-refractivity contribution in [2.24, 2.45) is 11.5 Å². The molecule has 2 aromatic carbocycles. The zero-order chi connectivity index (χ0) is 25.4. The van der Waals surface area contributed by atoms with Gasteiger partial charge in [-0.3, -0.25) is 15.6 Å². The molecule has 0 bridgehead atoms. The minimum Gasteiger partial charge on any atom is -0.512 e. The maximum absolute atomic E-state index is 13.3. The normalized spacial score (nSPS) is 13.0. The Morgan fingerprint density at radius 2 is 1.85 bits per heavy atom. The monoisotopic (exact) mass is 470 g/mol. The van der Waals surface area contributed by atoms with E-state index in [1.807, 2.05) is 0 Å². The van der Waals surface area contributed by atoms with Gasteiger partial charge >= 0.3 is 0 Å². The van der Waals surface area contributed by atoms with Crippen LogP contribution in [0.3, 0.4) is 0 Å². The molecule has 0 aliphatic rings. The summed E-state index contributed by atoms with van der Waals surface area (Å²) in [6, 6.07) is 10.1. The van der Waals surface area contributed by atoms with Gasteiger partial charge in [0.05, 0.1) is 23.8 Å². The first kappa shape index (κ1) is 25.9. The third-order valence-electron chi connectivity index (χ3n) is 4.52. The fraction of sp³-hybridized carbons (Fsp3) is 0.174. The largest absolute Gasteiger partial charge is 0.512 e. The number of nitrogen functional groups attached to an aromatic ring is 1. The molecule has 0 saturated carbocycles. The second-order valence-corrected chi connectivity index (χ2v) is 7.22. The number of nitrogens with one attached hydrogen (secondary N) is 3. The van der Waals surface area contributed by atoms with Gasteiger partial charge in [0.25, 0.3) is 5.91 Å². The summed E-state index contributed by atoms with van der Waals surface area (Å²) in [6.07, 6.45) is 0.430. The van der Waals surface area contributed by atoms with E-state index in [4.69, 9.17) is 37.5 Å². The number of aliphatic hydroxyl groups is 1. The van der Waals surface area contributed by atoms with Crippen LogP contribution in [-0.4, -0.2) is 36.3 Å². The van der Waals surface area contributed by atoms with Crippen molar-refractivity contribution in [1.29, 1.82) is 10.8 Å².